The van der Waals surface area contributed by atoms with Crippen LogP contribution in [0.5, 0.6) is 5.75 Å². The molecule has 0 bridgehead atoms. The number of nitrogens with two attached hydrogens (primary N) is 1. The Morgan fingerprint density at radius 2 is 2.25 bits per heavy atom. The smallest absolute Gasteiger partial charge is 0.264 e. The molecule has 1 atom stereocenters. The Morgan fingerprint density at radius 1 is 1.45 bits per heavy atom. The molecule has 0 radical (unpaired) electrons. The Bertz CT molecular complexity index is 603. The van der Waals surface area contributed by atoms with Gasteiger partial charge in [0.05, 0.1) is 0 Å². The number of rotatable bonds is 5. The predicted octanol–water partition coefficient (Wildman–Crippen LogP) is 2.85. The van der Waals surface area contributed by atoms with Crippen molar-refractivity contribution in [1.29, 1.82) is 0 Å². The summed E-state index contributed by atoms with van der Waals surface area (Å²) in [6.45, 7) is 4.27. The molecule has 0 saturated heterocycles. The molecular weight excluding hydrogens is 254 g/mol. The molecular formula is C15H19N3O2. The van der Waals surface area contributed by atoms with Crippen molar-refractivity contribution in [3.63, 3.8) is 0 Å². The van der Waals surface area contributed by atoms with Crippen molar-refractivity contribution in [2.24, 2.45) is 5.73 Å². The molecule has 2 N–H and O–H groups in total. The SMILES string of the molecule is Cc1cc([C@H](C)N)ccc1OCc1nc(C2CC2)no1. The zero-order valence-corrected chi connectivity index (χ0v) is 11.8. The summed E-state index contributed by atoms with van der Waals surface area (Å²) in [4.78, 5) is 4.34. The monoisotopic (exact) mass is 273 g/mol. The largest absolute Gasteiger partial charge is 0.483 e. The lowest BCUT2D eigenvalue weighted by molar-refractivity contribution is 0.241. The molecule has 1 aromatic heterocycles. The minimum Gasteiger partial charge on any atom is -0.483 e. The van der Waals surface area contributed by atoms with E-state index in [0.717, 1.165) is 35.5 Å². The molecule has 0 unspecified atom stereocenters. The van der Waals surface area contributed by atoms with Crippen molar-refractivity contribution in [1.82, 2.24) is 10.1 Å². The molecule has 2 aromatic rings. The molecule has 1 saturated carbocycles. The molecule has 5 heteroatoms. The Morgan fingerprint density at radius 3 is 2.90 bits per heavy atom. The lowest BCUT2D eigenvalue weighted by Gasteiger charge is -2.11. The zero-order chi connectivity index (χ0) is 14.1. The van der Waals surface area contributed by atoms with Crippen molar-refractivity contribution in [2.45, 2.75) is 45.3 Å². The van der Waals surface area contributed by atoms with Crippen LogP contribution >= 0.6 is 0 Å². The van der Waals surface area contributed by atoms with Crippen LogP contribution in [0.15, 0.2) is 22.7 Å². The van der Waals surface area contributed by atoms with Gasteiger partial charge in [-0.25, -0.2) is 0 Å². The molecule has 1 fully saturated rings. The van der Waals surface area contributed by atoms with E-state index < -0.39 is 0 Å². The Hall–Kier alpha value is -1.88. The summed E-state index contributed by atoms with van der Waals surface area (Å²) < 4.78 is 10.9. The van der Waals surface area contributed by atoms with Gasteiger partial charge >= 0.3 is 0 Å². The number of ether oxygens (including phenoxy) is 1. The van der Waals surface area contributed by atoms with Crippen molar-refractivity contribution in [3.8, 4) is 5.75 Å². The number of aryl methyl sites for hydroxylation is 1. The maximum Gasteiger partial charge on any atom is 0.264 e. The van der Waals surface area contributed by atoms with E-state index >= 15 is 0 Å². The molecule has 0 spiro atoms. The van der Waals surface area contributed by atoms with Gasteiger partial charge < -0.3 is 15.0 Å². The minimum atomic E-state index is 0.0276. The van der Waals surface area contributed by atoms with E-state index in [4.69, 9.17) is 15.0 Å². The second kappa shape index (κ2) is 5.25. The van der Waals surface area contributed by atoms with Crippen LogP contribution in [0.2, 0.25) is 0 Å². The third-order valence-electron chi connectivity index (χ3n) is 3.50. The molecule has 3 rings (SSSR count). The van der Waals surface area contributed by atoms with Gasteiger partial charge in [0, 0.05) is 12.0 Å². The van der Waals surface area contributed by atoms with Crippen molar-refractivity contribution < 1.29 is 9.26 Å². The molecule has 106 valence electrons. The van der Waals surface area contributed by atoms with Crippen LogP contribution in [-0.2, 0) is 6.61 Å². The third kappa shape index (κ3) is 2.82. The number of nitrogens with zero attached hydrogens (tertiary/aromatic N) is 2. The second-order valence-corrected chi connectivity index (χ2v) is 5.42. The molecule has 1 heterocycles. The number of aromatic nitrogens is 2. The first-order valence-corrected chi connectivity index (χ1v) is 6.95. The van der Waals surface area contributed by atoms with E-state index in [1.807, 2.05) is 32.0 Å². The molecule has 5 nitrogen and oxygen atoms in total. The van der Waals surface area contributed by atoms with Crippen LogP contribution < -0.4 is 10.5 Å². The second-order valence-electron chi connectivity index (χ2n) is 5.42. The van der Waals surface area contributed by atoms with Gasteiger partial charge in [0.25, 0.3) is 5.89 Å². The van der Waals surface area contributed by atoms with Crippen LogP contribution in [-0.4, -0.2) is 10.1 Å². The summed E-state index contributed by atoms with van der Waals surface area (Å²) in [6, 6.07) is 5.99. The first kappa shape index (κ1) is 13.1. The average molecular weight is 273 g/mol. The van der Waals surface area contributed by atoms with E-state index in [-0.39, 0.29) is 6.04 Å². The van der Waals surface area contributed by atoms with Gasteiger partial charge in [-0.05, 0) is 43.9 Å². The summed E-state index contributed by atoms with van der Waals surface area (Å²) in [5.41, 5.74) is 8.02. The van der Waals surface area contributed by atoms with Crippen LogP contribution in [0.25, 0.3) is 0 Å². The third-order valence-corrected chi connectivity index (χ3v) is 3.50. The van der Waals surface area contributed by atoms with Crippen LogP contribution in [0.1, 0.15) is 54.6 Å². The highest BCUT2D eigenvalue weighted by Crippen LogP contribution is 2.38. The Kier molecular flexibility index (Phi) is 3.44. The molecule has 0 amide bonds. The van der Waals surface area contributed by atoms with Crippen LogP contribution in [0.4, 0.5) is 0 Å². The first-order valence-electron chi connectivity index (χ1n) is 6.95. The maximum absolute atomic E-state index is 5.86. The van der Waals surface area contributed by atoms with E-state index in [1.54, 1.807) is 0 Å². The van der Waals surface area contributed by atoms with Crippen LogP contribution in [0, 0.1) is 6.92 Å². The predicted molar refractivity (Wildman–Crippen MR) is 74.4 cm³/mol. The molecule has 1 aliphatic carbocycles. The number of benzene rings is 1. The molecule has 0 aliphatic heterocycles. The summed E-state index contributed by atoms with van der Waals surface area (Å²) in [6.07, 6.45) is 2.33. The standard InChI is InChI=1S/C15H19N3O2/c1-9-7-12(10(2)16)5-6-13(9)19-8-14-17-15(18-20-14)11-3-4-11/h5-7,10-11H,3-4,8,16H2,1-2H3/t10-/m0/s1. The Labute approximate surface area is 118 Å². The summed E-state index contributed by atoms with van der Waals surface area (Å²) in [5, 5.41) is 3.97. The number of hydrogen-bond donors (Lipinski definition) is 1. The fourth-order valence-corrected chi connectivity index (χ4v) is 2.09. The van der Waals surface area contributed by atoms with E-state index in [1.165, 1.54) is 0 Å². The molecule has 20 heavy (non-hydrogen) atoms. The normalized spacial score (nSPS) is 16.1. The van der Waals surface area contributed by atoms with Crippen molar-refractivity contribution >= 4 is 0 Å². The van der Waals surface area contributed by atoms with Crippen molar-refractivity contribution in [2.75, 3.05) is 0 Å². The maximum atomic E-state index is 5.86. The highest BCUT2D eigenvalue weighted by atomic mass is 16.5. The van der Waals surface area contributed by atoms with Gasteiger partial charge in [0.2, 0.25) is 0 Å². The fourth-order valence-electron chi connectivity index (χ4n) is 2.09. The van der Waals surface area contributed by atoms with Gasteiger partial charge in [-0.2, -0.15) is 4.98 Å². The average Bonchev–Trinajstić information content (AvgIpc) is 3.17. The van der Waals surface area contributed by atoms with Gasteiger partial charge in [-0.1, -0.05) is 17.3 Å². The lowest BCUT2D eigenvalue weighted by atomic mass is 10.1. The highest BCUT2D eigenvalue weighted by molar-refractivity contribution is 5.37. The quantitative estimate of drug-likeness (QED) is 0.906. The van der Waals surface area contributed by atoms with Gasteiger partial charge in [0.15, 0.2) is 12.4 Å². The summed E-state index contributed by atoms with van der Waals surface area (Å²) in [5.74, 6) is 2.66. The zero-order valence-electron chi connectivity index (χ0n) is 11.8. The van der Waals surface area contributed by atoms with Crippen molar-refractivity contribution in [3.05, 3.63) is 41.0 Å². The number of hydrogen-bond acceptors (Lipinski definition) is 5. The molecule has 1 aliphatic rings. The Balaban J connectivity index is 1.65. The van der Waals surface area contributed by atoms with Gasteiger partial charge in [-0.15, -0.1) is 0 Å². The molecule has 1 aromatic carbocycles. The first-order chi connectivity index (χ1) is 9.63. The van der Waals surface area contributed by atoms with Gasteiger partial charge in [-0.3, -0.25) is 0 Å². The topological polar surface area (TPSA) is 74.2 Å². The van der Waals surface area contributed by atoms with E-state index in [2.05, 4.69) is 10.1 Å². The fraction of sp³-hybridized carbons (Fsp3) is 0.467. The lowest BCUT2D eigenvalue weighted by Crippen LogP contribution is -2.05. The highest BCUT2D eigenvalue weighted by Gasteiger charge is 2.28. The summed E-state index contributed by atoms with van der Waals surface area (Å²) >= 11 is 0. The summed E-state index contributed by atoms with van der Waals surface area (Å²) in [7, 11) is 0. The van der Waals surface area contributed by atoms with Crippen LogP contribution in [0.3, 0.4) is 0 Å². The van der Waals surface area contributed by atoms with E-state index in [9.17, 15) is 0 Å². The minimum absolute atomic E-state index is 0.0276. The van der Waals surface area contributed by atoms with Gasteiger partial charge in [0.1, 0.15) is 5.75 Å². The van der Waals surface area contributed by atoms with E-state index in [0.29, 0.717) is 18.4 Å².